The molecule has 1 aromatic carbocycles. The summed E-state index contributed by atoms with van der Waals surface area (Å²) in [5.74, 6) is 0.250. The highest BCUT2D eigenvalue weighted by atomic mass is 16.5. The molecule has 1 rings (SSSR count). The monoisotopic (exact) mass is 346 g/mol. The van der Waals surface area contributed by atoms with E-state index in [0.29, 0.717) is 24.2 Å². The van der Waals surface area contributed by atoms with Crippen molar-refractivity contribution in [1.82, 2.24) is 0 Å². The van der Waals surface area contributed by atoms with Crippen molar-refractivity contribution >= 4 is 6.08 Å². The Labute approximate surface area is 150 Å². The molecule has 0 aliphatic carbocycles. The Kier molecular flexibility index (Phi) is 9.85. The molecular weight excluding hydrogens is 316 g/mol. The van der Waals surface area contributed by atoms with Crippen LogP contribution in [0.1, 0.15) is 38.2 Å². The molecule has 0 heterocycles. The topological polar surface area (TPSA) is 69.9 Å². The lowest BCUT2D eigenvalue weighted by Crippen LogP contribution is -2.15. The third-order valence-electron chi connectivity index (χ3n) is 3.97. The Morgan fingerprint density at radius 1 is 1.24 bits per heavy atom. The summed E-state index contributed by atoms with van der Waals surface area (Å²) in [6.45, 7) is 6.23. The highest BCUT2D eigenvalue weighted by Crippen LogP contribution is 2.23. The molecule has 1 atom stereocenters. The summed E-state index contributed by atoms with van der Waals surface area (Å²) in [6.07, 6.45) is 6.29. The van der Waals surface area contributed by atoms with Gasteiger partial charge in [-0.3, -0.25) is 0 Å². The van der Waals surface area contributed by atoms with Gasteiger partial charge in [-0.15, -0.1) is 0 Å². The second-order valence-corrected chi connectivity index (χ2v) is 6.08. The van der Waals surface area contributed by atoms with Crippen molar-refractivity contribution in [3.63, 3.8) is 0 Å². The van der Waals surface area contributed by atoms with Crippen LogP contribution in [0, 0.1) is 0 Å². The highest BCUT2D eigenvalue weighted by Gasteiger charge is 2.14. The van der Waals surface area contributed by atoms with Crippen LogP contribution in [0.5, 0.6) is 5.75 Å². The van der Waals surface area contributed by atoms with Crippen LogP contribution in [0.2, 0.25) is 0 Å². The quantitative estimate of drug-likeness (QED) is 0.533. The molecule has 0 radical (unpaired) electrons. The van der Waals surface area contributed by atoms with E-state index in [9.17, 15) is 15.3 Å². The van der Waals surface area contributed by atoms with Gasteiger partial charge in [0.2, 0.25) is 0 Å². The molecule has 138 valence electrons. The number of phenols is 1. The molecule has 4 nitrogen and oxygen atoms in total. The molecule has 0 saturated heterocycles. The van der Waals surface area contributed by atoms with Gasteiger partial charge < -0.3 is 20.1 Å². The summed E-state index contributed by atoms with van der Waals surface area (Å²) in [5, 5.41) is 29.1. The molecule has 0 bridgehead atoms. The molecule has 1 aromatic rings. The zero-order chi connectivity index (χ0) is 18.7. The van der Waals surface area contributed by atoms with Crippen LogP contribution in [-0.2, 0) is 4.74 Å². The molecule has 0 fully saturated rings. The van der Waals surface area contributed by atoms with E-state index in [1.54, 1.807) is 25.3 Å². The smallest absolute Gasteiger partial charge is 0.115 e. The maximum atomic E-state index is 10.5. The third kappa shape index (κ3) is 7.69. The number of ether oxygens (including phenoxy) is 1. The molecule has 0 amide bonds. The fourth-order valence-electron chi connectivity index (χ4n) is 2.75. The van der Waals surface area contributed by atoms with E-state index in [1.165, 1.54) is 5.57 Å². The normalized spacial score (nSPS) is 13.8. The van der Waals surface area contributed by atoms with Gasteiger partial charge in [-0.05, 0) is 48.1 Å². The molecule has 0 aliphatic heterocycles. The predicted octanol–water partition coefficient (Wildman–Crippen LogP) is 3.84. The molecule has 0 saturated carbocycles. The van der Waals surface area contributed by atoms with Crippen molar-refractivity contribution in [2.24, 2.45) is 0 Å². The van der Waals surface area contributed by atoms with Crippen LogP contribution in [0.3, 0.4) is 0 Å². The molecule has 0 spiro atoms. The molecular formula is C21H30O4. The van der Waals surface area contributed by atoms with Gasteiger partial charge in [-0.25, -0.2) is 0 Å². The van der Waals surface area contributed by atoms with Crippen LogP contribution in [-0.4, -0.2) is 41.7 Å². The summed E-state index contributed by atoms with van der Waals surface area (Å²) in [5.41, 5.74) is 3.60. The number of phenolic OH excluding ortho intramolecular Hbond substituents is 1. The SMILES string of the molecule is C=C(COC)/C(=C/CO)C(O)CC/C(=C/c1ccc(O)cc1)CCC. The molecule has 1 unspecified atom stereocenters. The van der Waals surface area contributed by atoms with Crippen molar-refractivity contribution in [1.29, 1.82) is 0 Å². The fraction of sp³-hybridized carbons (Fsp3) is 0.429. The number of aliphatic hydroxyl groups is 2. The lowest BCUT2D eigenvalue weighted by Gasteiger charge is -2.18. The first-order valence-electron chi connectivity index (χ1n) is 8.66. The lowest BCUT2D eigenvalue weighted by molar-refractivity contribution is 0.189. The zero-order valence-corrected chi connectivity index (χ0v) is 15.2. The number of aliphatic hydroxyl groups excluding tert-OH is 2. The van der Waals surface area contributed by atoms with Crippen LogP contribution in [0.15, 0.2) is 53.6 Å². The second-order valence-electron chi connectivity index (χ2n) is 6.08. The fourth-order valence-corrected chi connectivity index (χ4v) is 2.75. The van der Waals surface area contributed by atoms with Gasteiger partial charge in [0.25, 0.3) is 0 Å². The molecule has 0 aromatic heterocycles. The zero-order valence-electron chi connectivity index (χ0n) is 15.2. The first kappa shape index (κ1) is 21.2. The number of aromatic hydroxyl groups is 1. The average Bonchev–Trinajstić information content (AvgIpc) is 2.59. The van der Waals surface area contributed by atoms with E-state index >= 15 is 0 Å². The molecule has 4 heteroatoms. The van der Waals surface area contributed by atoms with Crippen LogP contribution >= 0.6 is 0 Å². The van der Waals surface area contributed by atoms with Gasteiger partial charge in [-0.2, -0.15) is 0 Å². The number of rotatable bonds is 11. The number of hydrogen-bond donors (Lipinski definition) is 3. The van der Waals surface area contributed by atoms with Crippen molar-refractivity contribution in [2.75, 3.05) is 20.3 Å². The van der Waals surface area contributed by atoms with Gasteiger partial charge in [0.1, 0.15) is 5.75 Å². The number of methoxy groups -OCH3 is 1. The summed E-state index contributed by atoms with van der Waals surface area (Å²) < 4.78 is 5.07. The van der Waals surface area contributed by atoms with Crippen LogP contribution in [0.4, 0.5) is 0 Å². The van der Waals surface area contributed by atoms with E-state index in [4.69, 9.17) is 4.74 Å². The second kappa shape index (κ2) is 11.6. The largest absolute Gasteiger partial charge is 0.508 e. The Morgan fingerprint density at radius 2 is 1.92 bits per heavy atom. The molecule has 25 heavy (non-hydrogen) atoms. The van der Waals surface area contributed by atoms with Crippen molar-refractivity contribution in [3.8, 4) is 5.75 Å². The Bertz CT molecular complexity index is 584. The van der Waals surface area contributed by atoms with Gasteiger partial charge >= 0.3 is 0 Å². The Hall–Kier alpha value is -1.88. The van der Waals surface area contributed by atoms with Gasteiger partial charge in [0, 0.05) is 7.11 Å². The number of allylic oxidation sites excluding steroid dienone is 1. The number of hydrogen-bond acceptors (Lipinski definition) is 4. The first-order valence-corrected chi connectivity index (χ1v) is 8.66. The van der Waals surface area contributed by atoms with Crippen molar-refractivity contribution in [2.45, 2.75) is 38.7 Å². The first-order chi connectivity index (χ1) is 12.0. The third-order valence-corrected chi connectivity index (χ3v) is 3.97. The predicted molar refractivity (Wildman–Crippen MR) is 102 cm³/mol. The lowest BCUT2D eigenvalue weighted by atomic mass is 9.94. The van der Waals surface area contributed by atoms with E-state index in [2.05, 4.69) is 19.6 Å². The van der Waals surface area contributed by atoms with E-state index in [0.717, 1.165) is 24.8 Å². The maximum absolute atomic E-state index is 10.5. The summed E-state index contributed by atoms with van der Waals surface area (Å²) in [4.78, 5) is 0. The van der Waals surface area contributed by atoms with Crippen molar-refractivity contribution in [3.05, 3.63) is 59.2 Å². The minimum atomic E-state index is -0.685. The van der Waals surface area contributed by atoms with Crippen molar-refractivity contribution < 1.29 is 20.1 Å². The van der Waals surface area contributed by atoms with Crippen LogP contribution < -0.4 is 0 Å². The standard InChI is InChI=1S/C21H30O4/c1-4-5-17(14-18-6-9-19(23)10-7-18)8-11-21(24)20(12-13-22)16(2)15-25-3/h6-7,9-10,12,14,21-24H,2,4-5,8,11,13,15H2,1,3H3/b17-14+,20-12-. The van der Waals surface area contributed by atoms with Gasteiger partial charge in [0.15, 0.2) is 0 Å². The van der Waals surface area contributed by atoms with Gasteiger partial charge in [0.05, 0.1) is 19.3 Å². The minimum Gasteiger partial charge on any atom is -0.508 e. The van der Waals surface area contributed by atoms with E-state index in [-0.39, 0.29) is 12.4 Å². The van der Waals surface area contributed by atoms with Gasteiger partial charge in [-0.1, -0.05) is 49.8 Å². The summed E-state index contributed by atoms with van der Waals surface area (Å²) in [7, 11) is 1.58. The Balaban J connectivity index is 2.79. The minimum absolute atomic E-state index is 0.139. The summed E-state index contributed by atoms with van der Waals surface area (Å²) >= 11 is 0. The highest BCUT2D eigenvalue weighted by molar-refractivity contribution is 5.53. The Morgan fingerprint density at radius 3 is 2.48 bits per heavy atom. The van der Waals surface area contributed by atoms with E-state index in [1.807, 2.05) is 12.1 Å². The van der Waals surface area contributed by atoms with E-state index < -0.39 is 6.10 Å². The maximum Gasteiger partial charge on any atom is 0.115 e. The van der Waals surface area contributed by atoms with Crippen LogP contribution in [0.25, 0.3) is 6.08 Å². The molecule has 0 aliphatic rings. The average molecular weight is 346 g/mol. The molecule has 3 N–H and O–H groups in total. The number of benzene rings is 1. The summed E-state index contributed by atoms with van der Waals surface area (Å²) in [6, 6.07) is 7.08.